The number of amides is 1. The standard InChI is InChI=1S/C20H30N2O3.ClH/c1-4-11-25-17-6-5-15(12-18(17)24-3)14(2)22-19(23)16-13-20(16)7-9-21-10-8-20;/h5-6,12,14,16,21H,4,7-11,13H2,1-3H3,(H,22,23);1H. The topological polar surface area (TPSA) is 59.6 Å². The molecule has 0 aromatic heterocycles. The number of benzene rings is 1. The monoisotopic (exact) mass is 382 g/mol. The molecule has 1 amide bonds. The molecular formula is C20H31ClN2O3. The normalized spacial score (nSPS) is 21.4. The molecule has 2 fully saturated rings. The summed E-state index contributed by atoms with van der Waals surface area (Å²) < 4.78 is 11.1. The highest BCUT2D eigenvalue weighted by atomic mass is 35.5. The molecule has 1 aliphatic heterocycles. The van der Waals surface area contributed by atoms with Crippen LogP contribution in [0.2, 0.25) is 0 Å². The molecule has 2 aliphatic rings. The van der Waals surface area contributed by atoms with Gasteiger partial charge in [-0.2, -0.15) is 0 Å². The predicted molar refractivity (Wildman–Crippen MR) is 105 cm³/mol. The zero-order valence-electron chi connectivity index (χ0n) is 16.0. The first-order chi connectivity index (χ1) is 12.1. The van der Waals surface area contributed by atoms with Gasteiger partial charge in [0.05, 0.1) is 19.8 Å². The smallest absolute Gasteiger partial charge is 0.224 e. The molecule has 6 heteroatoms. The Morgan fingerprint density at radius 2 is 2.08 bits per heavy atom. The Bertz CT molecular complexity index is 617. The first kappa shape index (κ1) is 20.8. The second-order valence-electron chi connectivity index (χ2n) is 7.36. The first-order valence-corrected chi connectivity index (χ1v) is 9.41. The quantitative estimate of drug-likeness (QED) is 0.758. The number of ether oxygens (including phenoxy) is 2. The Kier molecular flexibility index (Phi) is 7.18. The zero-order valence-corrected chi connectivity index (χ0v) is 16.8. The van der Waals surface area contributed by atoms with Crippen molar-refractivity contribution in [1.29, 1.82) is 0 Å². The average molecular weight is 383 g/mol. The van der Waals surface area contributed by atoms with Crippen molar-refractivity contribution in [2.45, 2.75) is 45.6 Å². The lowest BCUT2D eigenvalue weighted by Crippen LogP contribution is -2.34. The number of halogens is 1. The minimum Gasteiger partial charge on any atom is -0.493 e. The molecule has 1 aromatic carbocycles. The van der Waals surface area contributed by atoms with Crippen molar-refractivity contribution < 1.29 is 14.3 Å². The van der Waals surface area contributed by atoms with Crippen LogP contribution in [0.3, 0.4) is 0 Å². The fourth-order valence-electron chi connectivity index (χ4n) is 3.88. The summed E-state index contributed by atoms with van der Waals surface area (Å²) in [4.78, 5) is 12.6. The molecule has 2 N–H and O–H groups in total. The lowest BCUT2D eigenvalue weighted by molar-refractivity contribution is -0.123. The molecule has 5 nitrogen and oxygen atoms in total. The van der Waals surface area contributed by atoms with Gasteiger partial charge in [0.1, 0.15) is 0 Å². The summed E-state index contributed by atoms with van der Waals surface area (Å²) in [6.45, 7) is 6.84. The highest BCUT2D eigenvalue weighted by molar-refractivity contribution is 5.85. The number of hydrogen-bond acceptors (Lipinski definition) is 4. The average Bonchev–Trinajstić information content (AvgIpc) is 3.33. The van der Waals surface area contributed by atoms with E-state index in [1.54, 1.807) is 7.11 Å². The van der Waals surface area contributed by atoms with Crippen LogP contribution in [0.4, 0.5) is 0 Å². The van der Waals surface area contributed by atoms with Crippen molar-refractivity contribution in [2.24, 2.45) is 11.3 Å². The zero-order chi connectivity index (χ0) is 17.9. The lowest BCUT2D eigenvalue weighted by atomic mass is 9.91. The number of carbonyl (C=O) groups excluding carboxylic acids is 1. The molecule has 26 heavy (non-hydrogen) atoms. The van der Waals surface area contributed by atoms with E-state index >= 15 is 0 Å². The number of piperidine rings is 1. The molecule has 1 saturated heterocycles. The summed E-state index contributed by atoms with van der Waals surface area (Å²) >= 11 is 0. The summed E-state index contributed by atoms with van der Waals surface area (Å²) in [7, 11) is 1.65. The lowest BCUT2D eigenvalue weighted by Gasteiger charge is -2.24. The van der Waals surface area contributed by atoms with Crippen LogP contribution in [0.25, 0.3) is 0 Å². The van der Waals surface area contributed by atoms with Gasteiger partial charge in [-0.1, -0.05) is 13.0 Å². The van der Waals surface area contributed by atoms with Gasteiger partial charge >= 0.3 is 0 Å². The predicted octanol–water partition coefficient (Wildman–Crippen LogP) is 3.47. The summed E-state index contributed by atoms with van der Waals surface area (Å²) in [6.07, 6.45) is 4.24. The van der Waals surface area contributed by atoms with Gasteiger partial charge in [0, 0.05) is 5.92 Å². The largest absolute Gasteiger partial charge is 0.493 e. The van der Waals surface area contributed by atoms with E-state index in [1.807, 2.05) is 25.1 Å². The minimum absolute atomic E-state index is 0. The molecule has 2 unspecified atom stereocenters. The molecule has 1 saturated carbocycles. The number of rotatable bonds is 7. The van der Waals surface area contributed by atoms with Crippen molar-refractivity contribution in [3.05, 3.63) is 23.8 Å². The van der Waals surface area contributed by atoms with Gasteiger partial charge in [-0.15, -0.1) is 12.4 Å². The summed E-state index contributed by atoms with van der Waals surface area (Å²) in [5.41, 5.74) is 1.30. The molecular weight excluding hydrogens is 352 g/mol. The highest BCUT2D eigenvalue weighted by Gasteiger charge is 2.57. The van der Waals surface area contributed by atoms with E-state index in [0.29, 0.717) is 12.4 Å². The minimum atomic E-state index is -0.0407. The SMILES string of the molecule is CCCOc1ccc(C(C)NC(=O)C2CC23CCNCC3)cc1OC.Cl. The molecule has 2 atom stereocenters. The molecule has 0 radical (unpaired) electrons. The Morgan fingerprint density at radius 1 is 1.35 bits per heavy atom. The third-order valence-electron chi connectivity index (χ3n) is 5.61. The Labute approximate surface area is 162 Å². The van der Waals surface area contributed by atoms with E-state index < -0.39 is 0 Å². The van der Waals surface area contributed by atoms with Gasteiger partial charge < -0.3 is 20.1 Å². The second kappa shape index (κ2) is 8.96. The van der Waals surface area contributed by atoms with Crippen LogP contribution in [0, 0.1) is 11.3 Å². The van der Waals surface area contributed by atoms with Gasteiger partial charge in [0.25, 0.3) is 0 Å². The van der Waals surface area contributed by atoms with Crippen molar-refractivity contribution in [2.75, 3.05) is 26.8 Å². The summed E-state index contributed by atoms with van der Waals surface area (Å²) in [5.74, 6) is 1.85. The number of carbonyl (C=O) groups is 1. The fraction of sp³-hybridized carbons (Fsp3) is 0.650. The molecule has 1 aliphatic carbocycles. The summed E-state index contributed by atoms with van der Waals surface area (Å²) in [6, 6.07) is 5.85. The van der Waals surface area contributed by atoms with E-state index in [0.717, 1.165) is 50.1 Å². The van der Waals surface area contributed by atoms with Gasteiger partial charge in [-0.05, 0) is 68.8 Å². The molecule has 146 valence electrons. The first-order valence-electron chi connectivity index (χ1n) is 9.41. The van der Waals surface area contributed by atoms with Gasteiger partial charge in [-0.3, -0.25) is 4.79 Å². The van der Waals surface area contributed by atoms with Crippen LogP contribution < -0.4 is 20.1 Å². The van der Waals surface area contributed by atoms with Crippen molar-refractivity contribution in [1.82, 2.24) is 10.6 Å². The third-order valence-corrected chi connectivity index (χ3v) is 5.61. The maximum Gasteiger partial charge on any atom is 0.224 e. The van der Waals surface area contributed by atoms with E-state index in [9.17, 15) is 4.79 Å². The van der Waals surface area contributed by atoms with E-state index in [1.165, 1.54) is 0 Å². The van der Waals surface area contributed by atoms with Crippen molar-refractivity contribution in [3.8, 4) is 11.5 Å². The molecule has 0 bridgehead atoms. The summed E-state index contributed by atoms with van der Waals surface area (Å²) in [5, 5.41) is 6.57. The number of methoxy groups -OCH3 is 1. The van der Waals surface area contributed by atoms with Crippen LogP contribution in [-0.2, 0) is 4.79 Å². The van der Waals surface area contributed by atoms with Crippen LogP contribution >= 0.6 is 12.4 Å². The van der Waals surface area contributed by atoms with Crippen LogP contribution in [0.15, 0.2) is 18.2 Å². The van der Waals surface area contributed by atoms with Crippen molar-refractivity contribution >= 4 is 18.3 Å². The van der Waals surface area contributed by atoms with E-state index in [2.05, 4.69) is 17.6 Å². The third kappa shape index (κ3) is 4.44. The maximum atomic E-state index is 12.6. The Balaban J connectivity index is 0.00000243. The Hall–Kier alpha value is -1.46. The van der Waals surface area contributed by atoms with Gasteiger partial charge in [0.15, 0.2) is 11.5 Å². The van der Waals surface area contributed by atoms with E-state index in [-0.39, 0.29) is 35.7 Å². The fourth-order valence-corrected chi connectivity index (χ4v) is 3.88. The molecule has 3 rings (SSSR count). The molecule has 1 spiro atoms. The number of nitrogens with one attached hydrogen (secondary N) is 2. The van der Waals surface area contributed by atoms with Crippen molar-refractivity contribution in [3.63, 3.8) is 0 Å². The highest BCUT2D eigenvalue weighted by Crippen LogP contribution is 2.58. The number of hydrogen-bond donors (Lipinski definition) is 2. The maximum absolute atomic E-state index is 12.6. The van der Waals surface area contributed by atoms with E-state index in [4.69, 9.17) is 9.47 Å². The second-order valence-corrected chi connectivity index (χ2v) is 7.36. The van der Waals surface area contributed by atoms with Gasteiger partial charge in [0.2, 0.25) is 5.91 Å². The molecule has 1 heterocycles. The van der Waals surface area contributed by atoms with Crippen LogP contribution in [-0.4, -0.2) is 32.7 Å². The van der Waals surface area contributed by atoms with Crippen LogP contribution in [0.5, 0.6) is 11.5 Å². The van der Waals surface area contributed by atoms with Crippen LogP contribution in [0.1, 0.15) is 51.1 Å². The Morgan fingerprint density at radius 3 is 2.73 bits per heavy atom. The molecule has 1 aromatic rings. The van der Waals surface area contributed by atoms with Gasteiger partial charge in [-0.25, -0.2) is 0 Å².